The Bertz CT molecular complexity index is 2500. The van der Waals surface area contributed by atoms with Gasteiger partial charge in [-0.3, -0.25) is 52.7 Å². The molecular formula is C70H130N12O13S. The molecule has 25 nitrogen and oxygen atoms in total. The minimum atomic E-state index is -1.63. The van der Waals surface area contributed by atoms with Crippen LogP contribution >= 0.6 is 11.8 Å². The fourth-order valence-electron chi connectivity index (χ4n) is 12.2. The van der Waals surface area contributed by atoms with E-state index in [1.54, 1.807) is 41.5 Å². The number of unbranched alkanes of at least 4 members (excludes halogenated alkanes) is 4. The predicted molar refractivity (Wildman–Crippen MR) is 378 cm³/mol. The maximum Gasteiger partial charge on any atom is 0.246 e. The SMILES string of the molecule is CC[C@H]1NC(=O)[C@H]([C@H](O)[C@H](C)CCCCCCN)N(C)C(=O)[C@@H](C(C)C)N(C)C(=O)[C@@H](CCC(C)C)N(C)C(=O)[C@H](CC(C)C)N(C)C(=O)[C@H](C)NC(=O)[C@@H](C)NC(=O)[C@@H](CC(C)C)N(C)C(=O)[C@@H](C(C)C)NC(=O)[C@H](CC(C)C)N(C)C(=O)[C@@H](CSCCCCO)N(C)C1=O. The highest BCUT2D eigenvalue weighted by Gasteiger charge is 2.46. The van der Waals surface area contributed by atoms with Gasteiger partial charge in [0.2, 0.25) is 65.0 Å². The Hall–Kier alpha value is -5.60. The zero-order valence-corrected chi connectivity index (χ0v) is 63.8. The van der Waals surface area contributed by atoms with Crippen LogP contribution in [0.1, 0.15) is 194 Å². The van der Waals surface area contributed by atoms with Gasteiger partial charge in [-0.15, -0.1) is 0 Å². The summed E-state index contributed by atoms with van der Waals surface area (Å²) in [5, 5.41) is 33.3. The molecule has 1 aliphatic rings. The van der Waals surface area contributed by atoms with Crippen LogP contribution in [0, 0.1) is 41.4 Å². The van der Waals surface area contributed by atoms with Crippen LogP contribution < -0.4 is 27.0 Å². The van der Waals surface area contributed by atoms with Crippen LogP contribution in [0.15, 0.2) is 0 Å². The molecule has 0 aromatic rings. The Kier molecular flexibility index (Phi) is 39.6. The van der Waals surface area contributed by atoms with E-state index in [0.29, 0.717) is 44.4 Å². The lowest BCUT2D eigenvalue weighted by molar-refractivity contribution is -0.157. The summed E-state index contributed by atoms with van der Waals surface area (Å²) >= 11 is 1.36. The molecule has 11 amide bonds. The summed E-state index contributed by atoms with van der Waals surface area (Å²) in [4.78, 5) is 173. The van der Waals surface area contributed by atoms with Crippen LogP contribution in [0.5, 0.6) is 0 Å². The van der Waals surface area contributed by atoms with E-state index in [4.69, 9.17) is 5.73 Å². The number of thioether (sulfide) groups is 1. The molecule has 0 bridgehead atoms. The van der Waals surface area contributed by atoms with Crippen molar-refractivity contribution in [3.8, 4) is 0 Å². The summed E-state index contributed by atoms with van der Waals surface area (Å²) < 4.78 is 0. The summed E-state index contributed by atoms with van der Waals surface area (Å²) in [6.07, 6.45) is 4.20. The number of rotatable bonds is 26. The van der Waals surface area contributed by atoms with Crippen molar-refractivity contribution in [3.05, 3.63) is 0 Å². The van der Waals surface area contributed by atoms with Gasteiger partial charge >= 0.3 is 0 Å². The van der Waals surface area contributed by atoms with Crippen LogP contribution in [0.3, 0.4) is 0 Å². The number of nitrogens with one attached hydrogen (secondary N) is 4. The molecule has 13 atom stereocenters. The van der Waals surface area contributed by atoms with Gasteiger partial charge in [-0.2, -0.15) is 11.8 Å². The van der Waals surface area contributed by atoms with Gasteiger partial charge < -0.3 is 71.5 Å². The van der Waals surface area contributed by atoms with Crippen molar-refractivity contribution in [1.29, 1.82) is 0 Å². The van der Waals surface area contributed by atoms with Gasteiger partial charge in [0, 0.05) is 61.7 Å². The lowest BCUT2D eigenvalue weighted by atomic mass is 9.90. The molecule has 1 aliphatic heterocycles. The van der Waals surface area contributed by atoms with Crippen LogP contribution in [-0.2, 0) is 52.7 Å². The summed E-state index contributed by atoms with van der Waals surface area (Å²) in [5.41, 5.74) is 5.78. The first kappa shape index (κ1) is 88.4. The van der Waals surface area contributed by atoms with Gasteiger partial charge in [-0.25, -0.2) is 0 Å². The van der Waals surface area contributed by atoms with E-state index in [1.807, 2.05) is 55.4 Å². The molecule has 1 heterocycles. The molecule has 0 aliphatic carbocycles. The number of hydrogen-bond donors (Lipinski definition) is 7. The van der Waals surface area contributed by atoms with Gasteiger partial charge in [0.1, 0.15) is 66.5 Å². The zero-order chi connectivity index (χ0) is 73.9. The quantitative estimate of drug-likeness (QED) is 0.0588. The van der Waals surface area contributed by atoms with Crippen LogP contribution in [-0.4, -0.2) is 256 Å². The lowest BCUT2D eigenvalue weighted by Gasteiger charge is -2.41. The average Bonchev–Trinajstić information content (AvgIpc) is 0.810. The molecule has 0 aromatic heterocycles. The highest BCUT2D eigenvalue weighted by molar-refractivity contribution is 7.99. The fourth-order valence-corrected chi connectivity index (χ4v) is 13.4. The number of hydrogen-bond acceptors (Lipinski definition) is 15. The Balaban J connectivity index is 4.56. The smallest absolute Gasteiger partial charge is 0.246 e. The first-order chi connectivity index (χ1) is 44.7. The topological polar surface area (TPSA) is 325 Å². The van der Waals surface area contributed by atoms with Crippen molar-refractivity contribution in [2.45, 2.75) is 267 Å². The van der Waals surface area contributed by atoms with Crippen LogP contribution in [0.2, 0.25) is 0 Å². The maximum absolute atomic E-state index is 15.5. The second-order valence-electron chi connectivity index (χ2n) is 29.3. The number of aliphatic hydroxyl groups is 2. The predicted octanol–water partition coefficient (Wildman–Crippen LogP) is 4.48. The Morgan fingerprint density at radius 1 is 0.438 bits per heavy atom. The third kappa shape index (κ3) is 26.6. The molecule has 0 spiro atoms. The summed E-state index contributed by atoms with van der Waals surface area (Å²) in [5.74, 6) is -9.04. The number of nitrogens with two attached hydrogens (primary N) is 1. The van der Waals surface area contributed by atoms with E-state index < -0.39 is 155 Å². The first-order valence-corrected chi connectivity index (χ1v) is 36.5. The van der Waals surface area contributed by atoms with E-state index in [0.717, 1.165) is 24.2 Å². The second-order valence-corrected chi connectivity index (χ2v) is 30.5. The summed E-state index contributed by atoms with van der Waals surface area (Å²) in [7, 11) is 10.1. The molecule has 96 heavy (non-hydrogen) atoms. The van der Waals surface area contributed by atoms with Crippen LogP contribution in [0.4, 0.5) is 0 Å². The molecule has 554 valence electrons. The maximum atomic E-state index is 15.5. The van der Waals surface area contributed by atoms with E-state index in [1.165, 1.54) is 104 Å². The number of likely N-dealkylation sites (N-methyl/N-ethyl adjacent to an activating group) is 7. The number of carbonyl (C=O) groups excluding carboxylic acids is 11. The van der Waals surface area contributed by atoms with Gasteiger partial charge in [0.25, 0.3) is 0 Å². The number of nitrogens with zero attached hydrogens (tertiary/aromatic N) is 7. The Morgan fingerprint density at radius 2 is 0.896 bits per heavy atom. The highest BCUT2D eigenvalue weighted by atomic mass is 32.2. The summed E-state index contributed by atoms with van der Waals surface area (Å²) in [6.45, 7) is 28.9. The monoisotopic (exact) mass is 1380 g/mol. The molecule has 1 rings (SSSR count). The third-order valence-electron chi connectivity index (χ3n) is 18.5. The number of amides is 11. The normalized spacial score (nSPS) is 25.9. The van der Waals surface area contributed by atoms with E-state index in [2.05, 4.69) is 21.3 Å². The number of aliphatic hydroxyl groups excluding tert-OH is 2. The summed E-state index contributed by atoms with van der Waals surface area (Å²) in [6, 6.07) is -13.8. The number of carbonyl (C=O) groups is 11. The van der Waals surface area contributed by atoms with Gasteiger partial charge in [0.15, 0.2) is 0 Å². The van der Waals surface area contributed by atoms with Crippen molar-refractivity contribution >= 4 is 76.7 Å². The van der Waals surface area contributed by atoms with Crippen molar-refractivity contribution in [2.24, 2.45) is 47.2 Å². The molecule has 0 unspecified atom stereocenters. The van der Waals surface area contributed by atoms with Crippen molar-refractivity contribution < 1.29 is 63.0 Å². The van der Waals surface area contributed by atoms with Gasteiger partial charge in [-0.1, -0.05) is 116 Å². The first-order valence-electron chi connectivity index (χ1n) is 35.3. The average molecular weight is 1380 g/mol. The highest BCUT2D eigenvalue weighted by Crippen LogP contribution is 2.27. The van der Waals surface area contributed by atoms with Gasteiger partial charge in [-0.05, 0) is 132 Å². The Labute approximate surface area is 580 Å². The molecule has 8 N–H and O–H groups in total. The molecule has 26 heteroatoms. The van der Waals surface area contributed by atoms with Crippen molar-refractivity contribution in [3.63, 3.8) is 0 Å². The largest absolute Gasteiger partial charge is 0.396 e. The lowest BCUT2D eigenvalue weighted by Crippen LogP contribution is -2.64. The minimum Gasteiger partial charge on any atom is -0.396 e. The molecule has 0 radical (unpaired) electrons. The molecule has 1 saturated heterocycles. The molecule has 0 aromatic carbocycles. The zero-order valence-electron chi connectivity index (χ0n) is 63.0. The van der Waals surface area contributed by atoms with Crippen LogP contribution in [0.25, 0.3) is 0 Å². The minimum absolute atomic E-state index is 0.00544. The van der Waals surface area contributed by atoms with Crippen molar-refractivity contribution in [2.75, 3.05) is 74.0 Å². The molecule has 0 saturated carbocycles. The Morgan fingerprint density at radius 3 is 1.40 bits per heavy atom. The van der Waals surface area contributed by atoms with Crippen molar-refractivity contribution in [1.82, 2.24) is 55.6 Å². The standard InChI is InChI=1S/C70H130N12O13S/c1-24-50-65(90)80(21)55(40-96-36-30-29-35-83)68(93)77(18)53(38-43(6)7)62(87)75-56(45(10)11)69(94)78(19)52(37-42(4)5)61(86)72-48(15)60(85)73-49(16)64(89)79(20)54(39-44(8)9)67(92)76(17)51(33-32-41(2)3)66(91)81(22)57(46(12)13)70(95)82(23)58(63(88)74-50)59(84)47(14)31-27-25-26-28-34-71/h41-59,83-84H,24-40,71H2,1-23H3,(H,72,86)(H,73,85)(H,74,88)(H,75,87)/t47-,48-,49+,50-,51-,52-,53+,54+,55-,56-,57-,58+,59-/m1/s1. The fraction of sp³-hybridized carbons (Fsp3) is 0.843. The molecular weight excluding hydrogens is 1250 g/mol. The third-order valence-corrected chi connectivity index (χ3v) is 19.7. The van der Waals surface area contributed by atoms with E-state index in [9.17, 15) is 34.2 Å². The van der Waals surface area contributed by atoms with E-state index in [-0.39, 0.29) is 68.1 Å². The van der Waals surface area contributed by atoms with Gasteiger partial charge in [0.05, 0.1) is 6.10 Å². The second kappa shape index (κ2) is 43.0. The molecule has 1 fully saturated rings. The van der Waals surface area contributed by atoms with E-state index >= 15 is 28.8 Å².